The molecule has 1 amide bonds. The van der Waals surface area contributed by atoms with E-state index in [4.69, 9.17) is 0 Å². The summed E-state index contributed by atoms with van der Waals surface area (Å²) in [5.74, 6) is 0.321. The van der Waals surface area contributed by atoms with Gasteiger partial charge in [-0.2, -0.15) is 0 Å². The van der Waals surface area contributed by atoms with Crippen molar-refractivity contribution >= 4 is 38.3 Å². The predicted octanol–water partition coefficient (Wildman–Crippen LogP) is 4.39. The summed E-state index contributed by atoms with van der Waals surface area (Å²) in [6, 6.07) is 16.4. The van der Waals surface area contributed by atoms with Gasteiger partial charge in [0.15, 0.2) is 0 Å². The van der Waals surface area contributed by atoms with E-state index in [1.54, 1.807) is 24.3 Å². The molecule has 0 saturated carbocycles. The Morgan fingerprint density at radius 3 is 2.53 bits per heavy atom. The number of piperazine rings is 1. The maximum atomic E-state index is 13.6. The van der Waals surface area contributed by atoms with Crippen LogP contribution in [0, 0.1) is 13.8 Å². The number of aryl methyl sites for hydroxylation is 2. The first-order valence-electron chi connectivity index (χ1n) is 12.7. The molecule has 1 aliphatic heterocycles. The van der Waals surface area contributed by atoms with E-state index in [2.05, 4.69) is 62.3 Å². The van der Waals surface area contributed by atoms with Gasteiger partial charge in [0.1, 0.15) is 18.2 Å². The number of amides is 1. The summed E-state index contributed by atoms with van der Waals surface area (Å²) in [4.78, 5) is 25.6. The van der Waals surface area contributed by atoms with E-state index in [1.165, 1.54) is 24.2 Å². The van der Waals surface area contributed by atoms with Gasteiger partial charge >= 0.3 is 0 Å². The summed E-state index contributed by atoms with van der Waals surface area (Å²) in [5, 5.41) is 1.15. The molecule has 0 bridgehead atoms. The number of sulfonamides is 1. The average Bonchev–Trinajstić information content (AvgIpc) is 3.22. The fraction of sp³-hybridized carbons (Fsp3) is 0.321. The number of anilines is 2. The lowest BCUT2D eigenvalue weighted by Crippen LogP contribution is -2.55. The van der Waals surface area contributed by atoms with E-state index in [-0.39, 0.29) is 30.1 Å². The third kappa shape index (κ3) is 4.96. The van der Waals surface area contributed by atoms with Crippen LogP contribution in [0.1, 0.15) is 32.6 Å². The first-order chi connectivity index (χ1) is 18.1. The SMILES string of the molecule is Cc1ccc2c(c1)cc(C)n2C(C)C(=O)N1CCN(c2ccc(S(=O)(=O)Nc3ccncn3)cc2)CC1C.[HH]. The second-order valence-electron chi connectivity index (χ2n) is 9.91. The fourth-order valence-electron chi connectivity index (χ4n) is 5.26. The number of nitrogens with zero attached hydrogens (tertiary/aromatic N) is 5. The van der Waals surface area contributed by atoms with Gasteiger partial charge in [-0.05, 0) is 76.2 Å². The minimum Gasteiger partial charge on any atom is -0.368 e. The van der Waals surface area contributed by atoms with Crippen molar-refractivity contribution in [1.29, 1.82) is 0 Å². The summed E-state index contributed by atoms with van der Waals surface area (Å²) in [6.07, 6.45) is 2.76. The van der Waals surface area contributed by atoms with Crippen LogP contribution < -0.4 is 9.62 Å². The standard InChI is InChI=1S/C28H32N6O3S.H2/c1-19-5-10-26-23(15-19)16-20(2)34(26)22(4)28(35)33-14-13-32(17-21(33)3)24-6-8-25(9-7-24)38(36,37)31-27-11-12-29-18-30-27;/h5-12,15-16,18,21-22H,13-14,17H2,1-4H3,(H,29,30,31);1H. The van der Waals surface area contributed by atoms with Crippen LogP contribution in [0.25, 0.3) is 10.9 Å². The summed E-state index contributed by atoms with van der Waals surface area (Å²) >= 11 is 0. The Morgan fingerprint density at radius 1 is 1.08 bits per heavy atom. The quantitative estimate of drug-likeness (QED) is 0.394. The van der Waals surface area contributed by atoms with E-state index < -0.39 is 10.0 Å². The number of carbonyl (C=O) groups excluding carboxylic acids is 1. The van der Waals surface area contributed by atoms with Crippen LogP contribution in [0.4, 0.5) is 11.5 Å². The van der Waals surface area contributed by atoms with Gasteiger partial charge in [-0.3, -0.25) is 9.52 Å². The van der Waals surface area contributed by atoms with Crippen LogP contribution in [0.5, 0.6) is 0 Å². The zero-order chi connectivity index (χ0) is 27.0. The van der Waals surface area contributed by atoms with Crippen molar-refractivity contribution in [3.05, 3.63) is 78.4 Å². The van der Waals surface area contributed by atoms with Crippen molar-refractivity contribution in [3.63, 3.8) is 0 Å². The molecule has 2 unspecified atom stereocenters. The summed E-state index contributed by atoms with van der Waals surface area (Å²) < 4.78 is 30.0. The molecule has 2 aromatic carbocycles. The van der Waals surface area contributed by atoms with Gasteiger partial charge < -0.3 is 14.4 Å². The van der Waals surface area contributed by atoms with Gasteiger partial charge in [0.25, 0.3) is 10.0 Å². The second-order valence-corrected chi connectivity index (χ2v) is 11.6. The minimum atomic E-state index is -3.76. The number of rotatable bonds is 6. The van der Waals surface area contributed by atoms with Crippen LogP contribution in [-0.2, 0) is 14.8 Å². The molecule has 1 N–H and O–H groups in total. The number of aromatic nitrogens is 3. The van der Waals surface area contributed by atoms with Gasteiger partial charge in [0, 0.05) is 55.6 Å². The lowest BCUT2D eigenvalue weighted by atomic mass is 10.1. The van der Waals surface area contributed by atoms with Gasteiger partial charge in [-0.25, -0.2) is 18.4 Å². The summed E-state index contributed by atoms with van der Waals surface area (Å²) in [5.41, 5.74) is 4.26. The lowest BCUT2D eigenvalue weighted by Gasteiger charge is -2.42. The Morgan fingerprint density at radius 2 is 1.84 bits per heavy atom. The van der Waals surface area contributed by atoms with Gasteiger partial charge in [-0.1, -0.05) is 11.6 Å². The number of nitrogens with one attached hydrogen (secondary N) is 1. The number of fused-ring (bicyclic) bond motifs is 1. The second kappa shape index (κ2) is 10.1. The maximum absolute atomic E-state index is 13.6. The molecule has 4 aromatic rings. The molecule has 2 aromatic heterocycles. The largest absolute Gasteiger partial charge is 0.368 e. The summed E-state index contributed by atoms with van der Waals surface area (Å²) in [7, 11) is -3.76. The number of hydrogen-bond acceptors (Lipinski definition) is 6. The number of carbonyl (C=O) groups is 1. The molecule has 2 atom stereocenters. The summed E-state index contributed by atoms with van der Waals surface area (Å²) in [6.45, 7) is 10.1. The molecular formula is C28H34N6O3S. The molecule has 0 aliphatic carbocycles. The van der Waals surface area contributed by atoms with Crippen molar-refractivity contribution in [2.24, 2.45) is 0 Å². The topological polar surface area (TPSA) is 100 Å². The van der Waals surface area contributed by atoms with Crippen molar-refractivity contribution in [1.82, 2.24) is 19.4 Å². The van der Waals surface area contributed by atoms with Crippen molar-refractivity contribution in [2.75, 3.05) is 29.3 Å². The van der Waals surface area contributed by atoms with Crippen LogP contribution in [-0.4, -0.2) is 59.4 Å². The maximum Gasteiger partial charge on any atom is 0.263 e. The first-order valence-corrected chi connectivity index (χ1v) is 14.1. The Hall–Kier alpha value is -3.92. The molecule has 1 saturated heterocycles. The zero-order valence-corrected chi connectivity index (χ0v) is 22.8. The highest BCUT2D eigenvalue weighted by Gasteiger charge is 2.32. The smallest absolute Gasteiger partial charge is 0.263 e. The van der Waals surface area contributed by atoms with E-state index in [1.807, 2.05) is 18.7 Å². The molecule has 0 spiro atoms. The lowest BCUT2D eigenvalue weighted by molar-refractivity contribution is -0.136. The van der Waals surface area contributed by atoms with Gasteiger partial charge in [-0.15, -0.1) is 0 Å². The molecule has 10 heteroatoms. The third-order valence-electron chi connectivity index (χ3n) is 7.18. The van der Waals surface area contributed by atoms with Crippen molar-refractivity contribution < 1.29 is 14.6 Å². The van der Waals surface area contributed by atoms with E-state index in [0.717, 1.165) is 22.3 Å². The van der Waals surface area contributed by atoms with E-state index in [9.17, 15) is 13.2 Å². The van der Waals surface area contributed by atoms with Gasteiger partial charge in [0.05, 0.1) is 4.90 Å². The van der Waals surface area contributed by atoms with E-state index in [0.29, 0.717) is 19.6 Å². The van der Waals surface area contributed by atoms with Crippen molar-refractivity contribution in [2.45, 2.75) is 44.7 Å². The van der Waals surface area contributed by atoms with Crippen LogP contribution in [0.15, 0.2) is 72.0 Å². The Kier molecular flexibility index (Phi) is 6.83. The fourth-order valence-corrected chi connectivity index (χ4v) is 6.27. The third-order valence-corrected chi connectivity index (χ3v) is 8.55. The Bertz CT molecular complexity index is 1570. The Labute approximate surface area is 224 Å². The van der Waals surface area contributed by atoms with Crippen molar-refractivity contribution in [3.8, 4) is 0 Å². The predicted molar refractivity (Wildman–Crippen MR) is 151 cm³/mol. The molecular weight excluding hydrogens is 500 g/mol. The van der Waals surface area contributed by atoms with Crippen LogP contribution >= 0.6 is 0 Å². The minimum absolute atomic E-state index is 0. The van der Waals surface area contributed by atoms with Crippen LogP contribution in [0.3, 0.4) is 0 Å². The monoisotopic (exact) mass is 534 g/mol. The van der Waals surface area contributed by atoms with Crippen LogP contribution in [0.2, 0.25) is 0 Å². The highest BCUT2D eigenvalue weighted by Crippen LogP contribution is 2.28. The normalized spacial score (nSPS) is 17.0. The molecule has 0 radical (unpaired) electrons. The molecule has 3 heterocycles. The average molecular weight is 535 g/mol. The van der Waals surface area contributed by atoms with E-state index >= 15 is 0 Å². The first kappa shape index (κ1) is 25.7. The molecule has 5 rings (SSSR count). The molecule has 200 valence electrons. The van der Waals surface area contributed by atoms with Gasteiger partial charge in [0.2, 0.25) is 5.91 Å². The number of hydrogen-bond donors (Lipinski definition) is 1. The highest BCUT2D eigenvalue weighted by molar-refractivity contribution is 7.92. The highest BCUT2D eigenvalue weighted by atomic mass is 32.2. The molecule has 1 fully saturated rings. The molecule has 1 aliphatic rings. The Balaban J connectivity index is 0.00000353. The molecule has 38 heavy (non-hydrogen) atoms. The molecule has 9 nitrogen and oxygen atoms in total. The zero-order valence-electron chi connectivity index (χ0n) is 22.0. The number of benzene rings is 2.